The molecule has 2 nitrogen and oxygen atoms in total. The highest BCUT2D eigenvalue weighted by atomic mass is 35.5. The van der Waals surface area contributed by atoms with Crippen LogP contribution in [0.2, 0.25) is 5.02 Å². The predicted molar refractivity (Wildman–Crippen MR) is 71.1 cm³/mol. The van der Waals surface area contributed by atoms with E-state index in [9.17, 15) is 9.50 Å². The van der Waals surface area contributed by atoms with E-state index in [4.69, 9.17) is 17.3 Å². The molecule has 0 saturated heterocycles. The number of halogens is 2. The summed E-state index contributed by atoms with van der Waals surface area (Å²) >= 11 is 5.79. The number of aliphatic hydroxyl groups excluding tert-OH is 1. The van der Waals surface area contributed by atoms with Gasteiger partial charge in [-0.05, 0) is 30.9 Å². The van der Waals surface area contributed by atoms with Crippen LogP contribution < -0.4 is 5.73 Å². The first-order chi connectivity index (χ1) is 8.59. The fourth-order valence-corrected chi connectivity index (χ4v) is 3.06. The summed E-state index contributed by atoms with van der Waals surface area (Å²) in [5, 5.41) is 10.3. The van der Waals surface area contributed by atoms with Crippen LogP contribution in [0.1, 0.15) is 31.2 Å². The van der Waals surface area contributed by atoms with E-state index in [1.54, 1.807) is 12.1 Å². The van der Waals surface area contributed by atoms with E-state index >= 15 is 0 Å². The van der Waals surface area contributed by atoms with Gasteiger partial charge in [-0.25, -0.2) is 4.39 Å². The van der Waals surface area contributed by atoms with Crippen molar-refractivity contribution in [1.29, 1.82) is 0 Å². The Kier molecular flexibility index (Phi) is 4.25. The standard InChI is InChI=1S/C14H19ClFNO/c15-11-5-3-4-10(13(11)16)8-14(9-17)7-2-1-6-12(14)18/h3-5,12,18H,1-2,6-9,17H2. The molecule has 1 aliphatic rings. The summed E-state index contributed by atoms with van der Waals surface area (Å²) in [5.74, 6) is -0.384. The molecule has 18 heavy (non-hydrogen) atoms. The van der Waals surface area contributed by atoms with Gasteiger partial charge in [0, 0.05) is 12.0 Å². The number of benzene rings is 1. The van der Waals surface area contributed by atoms with Crippen molar-refractivity contribution >= 4 is 11.6 Å². The highest BCUT2D eigenvalue weighted by Crippen LogP contribution is 2.39. The summed E-state index contributed by atoms with van der Waals surface area (Å²) in [6.45, 7) is 0.375. The monoisotopic (exact) mass is 271 g/mol. The Morgan fingerprint density at radius 3 is 2.89 bits per heavy atom. The number of hydrogen-bond acceptors (Lipinski definition) is 2. The molecule has 0 bridgehead atoms. The van der Waals surface area contributed by atoms with Gasteiger partial charge in [0.15, 0.2) is 0 Å². The maximum Gasteiger partial charge on any atom is 0.144 e. The van der Waals surface area contributed by atoms with Crippen molar-refractivity contribution in [2.24, 2.45) is 11.1 Å². The second-order valence-corrected chi connectivity index (χ2v) is 5.62. The molecule has 0 aromatic heterocycles. The van der Waals surface area contributed by atoms with Crippen molar-refractivity contribution in [3.63, 3.8) is 0 Å². The summed E-state index contributed by atoms with van der Waals surface area (Å²) in [6, 6.07) is 4.99. The van der Waals surface area contributed by atoms with Crippen molar-refractivity contribution in [2.45, 2.75) is 38.2 Å². The highest BCUT2D eigenvalue weighted by Gasteiger charge is 2.39. The second kappa shape index (κ2) is 5.55. The number of rotatable bonds is 3. The van der Waals surface area contributed by atoms with Gasteiger partial charge in [0.1, 0.15) is 5.82 Å². The zero-order valence-electron chi connectivity index (χ0n) is 10.3. The third-order valence-corrected chi connectivity index (χ3v) is 4.38. The van der Waals surface area contributed by atoms with Crippen LogP contribution in [0.25, 0.3) is 0 Å². The molecule has 1 saturated carbocycles. The molecular weight excluding hydrogens is 253 g/mol. The molecule has 1 aliphatic carbocycles. The average Bonchev–Trinajstić information content (AvgIpc) is 2.38. The van der Waals surface area contributed by atoms with Gasteiger partial charge in [0.2, 0.25) is 0 Å². The molecule has 1 fully saturated rings. The van der Waals surface area contributed by atoms with E-state index in [0.29, 0.717) is 18.5 Å². The van der Waals surface area contributed by atoms with Crippen molar-refractivity contribution in [2.75, 3.05) is 6.54 Å². The van der Waals surface area contributed by atoms with Crippen LogP contribution >= 0.6 is 11.6 Å². The van der Waals surface area contributed by atoms with Crippen LogP contribution in [0, 0.1) is 11.2 Å². The van der Waals surface area contributed by atoms with Gasteiger partial charge in [-0.15, -0.1) is 0 Å². The Hall–Kier alpha value is -0.640. The van der Waals surface area contributed by atoms with E-state index in [0.717, 1.165) is 25.7 Å². The minimum atomic E-state index is -0.449. The Bertz CT molecular complexity index is 426. The highest BCUT2D eigenvalue weighted by molar-refractivity contribution is 6.30. The Morgan fingerprint density at radius 2 is 2.22 bits per heavy atom. The summed E-state index contributed by atoms with van der Waals surface area (Å²) in [4.78, 5) is 0. The number of aliphatic hydroxyl groups is 1. The van der Waals surface area contributed by atoms with Crippen LogP contribution in [0.5, 0.6) is 0 Å². The van der Waals surface area contributed by atoms with Gasteiger partial charge in [-0.2, -0.15) is 0 Å². The molecule has 0 radical (unpaired) electrons. The van der Waals surface area contributed by atoms with E-state index < -0.39 is 11.5 Å². The minimum absolute atomic E-state index is 0.130. The molecule has 1 aromatic rings. The van der Waals surface area contributed by atoms with Gasteiger partial charge in [0.25, 0.3) is 0 Å². The zero-order chi connectivity index (χ0) is 13.2. The first-order valence-corrected chi connectivity index (χ1v) is 6.78. The van der Waals surface area contributed by atoms with Crippen LogP contribution in [0.3, 0.4) is 0 Å². The largest absolute Gasteiger partial charge is 0.392 e. The molecule has 2 atom stereocenters. The van der Waals surface area contributed by atoms with E-state index in [1.807, 2.05) is 0 Å². The van der Waals surface area contributed by atoms with Gasteiger partial charge >= 0.3 is 0 Å². The summed E-state index contributed by atoms with van der Waals surface area (Å²) in [6.07, 6.45) is 3.65. The average molecular weight is 272 g/mol. The smallest absolute Gasteiger partial charge is 0.144 e. The van der Waals surface area contributed by atoms with Crippen LogP contribution in [0.4, 0.5) is 4.39 Å². The maximum atomic E-state index is 13.9. The lowest BCUT2D eigenvalue weighted by Crippen LogP contribution is -2.45. The molecule has 100 valence electrons. The van der Waals surface area contributed by atoms with Crippen LogP contribution in [-0.2, 0) is 6.42 Å². The summed E-state index contributed by atoms with van der Waals surface area (Å²) < 4.78 is 13.9. The van der Waals surface area contributed by atoms with Crippen molar-refractivity contribution < 1.29 is 9.50 Å². The lowest BCUT2D eigenvalue weighted by atomic mass is 9.68. The lowest BCUT2D eigenvalue weighted by Gasteiger charge is -2.41. The third-order valence-electron chi connectivity index (χ3n) is 4.09. The van der Waals surface area contributed by atoms with E-state index in [1.165, 1.54) is 6.07 Å². The molecule has 2 rings (SSSR count). The minimum Gasteiger partial charge on any atom is -0.392 e. The fourth-order valence-electron chi connectivity index (χ4n) is 2.87. The van der Waals surface area contributed by atoms with Crippen molar-refractivity contribution in [3.8, 4) is 0 Å². The molecule has 1 aromatic carbocycles. The van der Waals surface area contributed by atoms with Gasteiger partial charge in [0.05, 0.1) is 11.1 Å². The van der Waals surface area contributed by atoms with Crippen molar-refractivity contribution in [1.82, 2.24) is 0 Å². The molecule has 3 N–H and O–H groups in total. The Labute approximate surface area is 112 Å². The third kappa shape index (κ3) is 2.53. The Balaban J connectivity index is 2.27. The van der Waals surface area contributed by atoms with E-state index in [2.05, 4.69) is 0 Å². The molecule has 0 heterocycles. The quantitative estimate of drug-likeness (QED) is 0.888. The molecule has 0 aliphatic heterocycles. The normalized spacial score (nSPS) is 28.3. The molecule has 4 heteroatoms. The second-order valence-electron chi connectivity index (χ2n) is 5.22. The topological polar surface area (TPSA) is 46.2 Å². The number of hydrogen-bond donors (Lipinski definition) is 2. The molecule has 2 unspecified atom stereocenters. The van der Waals surface area contributed by atoms with Crippen LogP contribution in [-0.4, -0.2) is 17.8 Å². The van der Waals surface area contributed by atoms with Crippen molar-refractivity contribution in [3.05, 3.63) is 34.6 Å². The maximum absolute atomic E-state index is 13.9. The molecule has 0 amide bonds. The summed E-state index contributed by atoms with van der Waals surface area (Å²) in [7, 11) is 0. The SMILES string of the molecule is NCC1(Cc2cccc(Cl)c2F)CCCCC1O. The Morgan fingerprint density at radius 1 is 1.44 bits per heavy atom. The molecular formula is C14H19ClFNO. The predicted octanol–water partition coefficient (Wildman–Crippen LogP) is 2.90. The van der Waals surface area contributed by atoms with E-state index in [-0.39, 0.29) is 10.8 Å². The van der Waals surface area contributed by atoms with Crippen LogP contribution in [0.15, 0.2) is 18.2 Å². The van der Waals surface area contributed by atoms with Gasteiger partial charge in [-0.1, -0.05) is 36.6 Å². The first-order valence-electron chi connectivity index (χ1n) is 6.40. The molecule has 0 spiro atoms. The zero-order valence-corrected chi connectivity index (χ0v) is 11.1. The fraction of sp³-hybridized carbons (Fsp3) is 0.571. The van der Waals surface area contributed by atoms with Gasteiger partial charge in [-0.3, -0.25) is 0 Å². The first kappa shape index (κ1) is 13.8. The number of nitrogens with two attached hydrogens (primary N) is 1. The lowest BCUT2D eigenvalue weighted by molar-refractivity contribution is -0.00630. The van der Waals surface area contributed by atoms with Gasteiger partial charge < -0.3 is 10.8 Å². The summed E-state index contributed by atoms with van der Waals surface area (Å²) in [5.41, 5.74) is 6.00.